The number of esters is 1. The molecule has 1 saturated heterocycles. The van der Waals surface area contributed by atoms with E-state index < -0.39 is 28.9 Å². The second-order valence-electron chi connectivity index (χ2n) is 8.37. The summed E-state index contributed by atoms with van der Waals surface area (Å²) in [5, 5.41) is 23.5. The zero-order valence-electron chi connectivity index (χ0n) is 17.2. The smallest absolute Gasteiger partial charge is 0.338 e. The third-order valence-corrected chi connectivity index (χ3v) is 5.77. The molecular formula is C21H26N4O5. The summed E-state index contributed by atoms with van der Waals surface area (Å²) in [6.45, 7) is 4.66. The van der Waals surface area contributed by atoms with Crippen molar-refractivity contribution < 1.29 is 19.2 Å². The Bertz CT molecular complexity index is 892. The number of hydrogen-bond acceptors (Lipinski definition) is 7. The number of nitro benzene ring substituents is 1. The van der Waals surface area contributed by atoms with Crippen LogP contribution >= 0.6 is 0 Å². The maximum absolute atomic E-state index is 12.3. The van der Waals surface area contributed by atoms with Crippen molar-refractivity contribution in [3.63, 3.8) is 0 Å². The number of carbonyl (C=O) groups is 2. The van der Waals surface area contributed by atoms with Crippen LogP contribution in [0.2, 0.25) is 0 Å². The van der Waals surface area contributed by atoms with Gasteiger partial charge in [0.05, 0.1) is 16.6 Å². The second kappa shape index (κ2) is 8.69. The topological polar surface area (TPSA) is 126 Å². The van der Waals surface area contributed by atoms with Crippen molar-refractivity contribution in [3.05, 3.63) is 33.9 Å². The number of nitrogens with one attached hydrogen (secondary N) is 1. The molecule has 0 aromatic heterocycles. The van der Waals surface area contributed by atoms with E-state index >= 15 is 0 Å². The van der Waals surface area contributed by atoms with Gasteiger partial charge in [0.25, 0.3) is 11.6 Å². The molecule has 1 aromatic carbocycles. The molecule has 2 aliphatic rings. The highest BCUT2D eigenvalue weighted by Crippen LogP contribution is 2.39. The van der Waals surface area contributed by atoms with Crippen LogP contribution in [0, 0.1) is 33.3 Å². The minimum absolute atomic E-state index is 0.00791. The fraction of sp³-hybridized carbons (Fsp3) is 0.571. The molecule has 0 spiro atoms. The van der Waals surface area contributed by atoms with Crippen LogP contribution < -0.4 is 10.2 Å². The van der Waals surface area contributed by atoms with Crippen LogP contribution in [0.5, 0.6) is 0 Å². The predicted octanol–water partition coefficient (Wildman–Crippen LogP) is 2.80. The van der Waals surface area contributed by atoms with E-state index in [1.54, 1.807) is 13.0 Å². The van der Waals surface area contributed by atoms with E-state index in [0.717, 1.165) is 38.8 Å². The number of piperidine rings is 1. The lowest BCUT2D eigenvalue weighted by Crippen LogP contribution is -2.48. The Morgan fingerprint density at radius 2 is 2.13 bits per heavy atom. The first-order valence-electron chi connectivity index (χ1n) is 10.2. The van der Waals surface area contributed by atoms with Gasteiger partial charge in [-0.3, -0.25) is 14.9 Å². The molecule has 1 aromatic rings. The molecule has 9 nitrogen and oxygen atoms in total. The molecule has 1 amide bonds. The number of amides is 1. The largest absolute Gasteiger partial charge is 0.452 e. The second-order valence-corrected chi connectivity index (χ2v) is 8.37. The SMILES string of the molecule is C[C@@H]1CCCN(c2ccc(C(=O)OCC(=O)N[C@@](C)(C#N)C3CC3)cc2[N+](=O)[O-])C1. The lowest BCUT2D eigenvalue weighted by molar-refractivity contribution is -0.384. The summed E-state index contributed by atoms with van der Waals surface area (Å²) < 4.78 is 5.02. The third-order valence-electron chi connectivity index (χ3n) is 5.77. The van der Waals surface area contributed by atoms with Crippen LogP contribution in [0.15, 0.2) is 18.2 Å². The van der Waals surface area contributed by atoms with Crippen LogP contribution in [-0.2, 0) is 9.53 Å². The summed E-state index contributed by atoms with van der Waals surface area (Å²) in [6.07, 6.45) is 3.79. The fourth-order valence-corrected chi connectivity index (χ4v) is 3.89. The first-order chi connectivity index (χ1) is 14.2. The van der Waals surface area contributed by atoms with Crippen LogP contribution in [0.25, 0.3) is 0 Å². The molecule has 2 atom stereocenters. The molecule has 1 heterocycles. The standard InChI is InChI=1S/C21H26N4O5/c1-14-4-3-9-24(11-14)17-8-5-15(10-18(17)25(28)29)20(27)30-12-19(26)23-21(2,13-22)16-6-7-16/h5,8,10,14,16H,3-4,6-7,9,11-12H2,1-2H3,(H,23,26)/t14-,21+/m1/s1. The van der Waals surface area contributed by atoms with Crippen molar-refractivity contribution >= 4 is 23.3 Å². The lowest BCUT2D eigenvalue weighted by atomic mass is 9.98. The van der Waals surface area contributed by atoms with E-state index in [9.17, 15) is 25.0 Å². The van der Waals surface area contributed by atoms with Gasteiger partial charge in [0, 0.05) is 19.2 Å². The molecule has 0 bridgehead atoms. The third kappa shape index (κ3) is 4.87. The first-order valence-corrected chi connectivity index (χ1v) is 10.2. The van der Waals surface area contributed by atoms with E-state index in [4.69, 9.17) is 4.74 Å². The van der Waals surface area contributed by atoms with Crippen molar-refractivity contribution in [2.24, 2.45) is 11.8 Å². The van der Waals surface area contributed by atoms with Gasteiger partial charge in [-0.1, -0.05) is 6.92 Å². The first kappa shape index (κ1) is 21.6. The van der Waals surface area contributed by atoms with Crippen LogP contribution in [0.3, 0.4) is 0 Å². The summed E-state index contributed by atoms with van der Waals surface area (Å²) in [5.41, 5.74) is -0.646. The molecule has 2 fully saturated rings. The zero-order chi connectivity index (χ0) is 21.9. The van der Waals surface area contributed by atoms with Crippen LogP contribution in [-0.4, -0.2) is 42.0 Å². The van der Waals surface area contributed by atoms with Gasteiger partial charge in [0.15, 0.2) is 6.61 Å². The molecule has 1 saturated carbocycles. The van der Waals surface area contributed by atoms with E-state index in [0.29, 0.717) is 11.6 Å². The molecule has 1 N–H and O–H groups in total. The van der Waals surface area contributed by atoms with Gasteiger partial charge in [-0.05, 0) is 56.6 Å². The number of carbonyl (C=O) groups excluding carboxylic acids is 2. The number of benzene rings is 1. The average Bonchev–Trinajstić information content (AvgIpc) is 3.57. The number of nitriles is 1. The molecule has 160 valence electrons. The summed E-state index contributed by atoms with van der Waals surface area (Å²) in [4.78, 5) is 37.5. The Balaban J connectivity index is 1.65. The molecule has 9 heteroatoms. The molecule has 1 aliphatic carbocycles. The minimum atomic E-state index is -0.977. The number of anilines is 1. The number of nitrogens with zero attached hydrogens (tertiary/aromatic N) is 3. The van der Waals surface area contributed by atoms with Crippen molar-refractivity contribution in [2.45, 2.75) is 45.1 Å². The monoisotopic (exact) mass is 414 g/mol. The Morgan fingerprint density at radius 1 is 1.40 bits per heavy atom. The van der Waals surface area contributed by atoms with Gasteiger partial charge >= 0.3 is 5.97 Å². The Kier molecular flexibility index (Phi) is 6.25. The molecule has 1 aliphatic heterocycles. The highest BCUT2D eigenvalue weighted by Gasteiger charge is 2.43. The van der Waals surface area contributed by atoms with E-state index in [1.165, 1.54) is 12.1 Å². The maximum Gasteiger partial charge on any atom is 0.338 e. The molecular weight excluding hydrogens is 388 g/mol. The minimum Gasteiger partial charge on any atom is -0.452 e. The Labute approximate surface area is 175 Å². The average molecular weight is 414 g/mol. The van der Waals surface area contributed by atoms with Gasteiger partial charge in [-0.25, -0.2) is 4.79 Å². The van der Waals surface area contributed by atoms with Crippen LogP contribution in [0.4, 0.5) is 11.4 Å². The van der Waals surface area contributed by atoms with Crippen molar-refractivity contribution in [1.29, 1.82) is 5.26 Å². The van der Waals surface area contributed by atoms with Gasteiger partial charge in [0.2, 0.25) is 0 Å². The summed E-state index contributed by atoms with van der Waals surface area (Å²) in [6, 6.07) is 6.33. The number of nitro groups is 1. The molecule has 30 heavy (non-hydrogen) atoms. The van der Waals surface area contributed by atoms with E-state index in [-0.39, 0.29) is 17.2 Å². The van der Waals surface area contributed by atoms with Crippen LogP contribution in [0.1, 0.15) is 49.9 Å². The highest BCUT2D eigenvalue weighted by atomic mass is 16.6. The van der Waals surface area contributed by atoms with E-state index in [1.807, 2.05) is 4.90 Å². The number of hydrogen-bond donors (Lipinski definition) is 1. The maximum atomic E-state index is 12.3. The lowest BCUT2D eigenvalue weighted by Gasteiger charge is -2.32. The van der Waals surface area contributed by atoms with Crippen molar-refractivity contribution in [2.75, 3.05) is 24.6 Å². The molecule has 0 radical (unpaired) electrons. The molecule has 3 rings (SSSR count). The zero-order valence-corrected chi connectivity index (χ0v) is 17.2. The quantitative estimate of drug-likeness (QED) is 0.413. The van der Waals surface area contributed by atoms with Gasteiger partial charge in [0.1, 0.15) is 11.2 Å². The summed E-state index contributed by atoms with van der Waals surface area (Å²) in [7, 11) is 0. The van der Waals surface area contributed by atoms with E-state index in [2.05, 4.69) is 18.3 Å². The van der Waals surface area contributed by atoms with Crippen molar-refractivity contribution in [1.82, 2.24) is 5.32 Å². The number of rotatable bonds is 7. The van der Waals surface area contributed by atoms with Gasteiger partial charge < -0.3 is 15.0 Å². The normalized spacial score (nSPS) is 20.6. The molecule has 0 unspecified atom stereocenters. The summed E-state index contributed by atoms with van der Waals surface area (Å²) >= 11 is 0. The predicted molar refractivity (Wildman–Crippen MR) is 109 cm³/mol. The Hall–Kier alpha value is -3.15. The Morgan fingerprint density at radius 3 is 2.73 bits per heavy atom. The summed E-state index contributed by atoms with van der Waals surface area (Å²) in [5.74, 6) is -0.851. The highest BCUT2D eigenvalue weighted by molar-refractivity contribution is 5.93. The van der Waals surface area contributed by atoms with Gasteiger partial charge in [-0.2, -0.15) is 5.26 Å². The van der Waals surface area contributed by atoms with Gasteiger partial charge in [-0.15, -0.1) is 0 Å². The number of ether oxygens (including phenoxy) is 1. The van der Waals surface area contributed by atoms with Crippen molar-refractivity contribution in [3.8, 4) is 6.07 Å². The fourth-order valence-electron chi connectivity index (χ4n) is 3.89.